The zero-order valence-electron chi connectivity index (χ0n) is 11.0. The highest BCUT2D eigenvalue weighted by Crippen LogP contribution is 2.21. The first-order valence-electron chi connectivity index (χ1n) is 6.11. The van der Waals surface area contributed by atoms with Crippen LogP contribution >= 0.6 is 0 Å². The van der Waals surface area contributed by atoms with Gasteiger partial charge in [0.2, 0.25) is 0 Å². The molecule has 0 aliphatic rings. The predicted molar refractivity (Wildman–Crippen MR) is 67.1 cm³/mol. The van der Waals surface area contributed by atoms with E-state index in [1.165, 1.54) is 13.2 Å². The van der Waals surface area contributed by atoms with E-state index in [9.17, 15) is 9.18 Å². The van der Waals surface area contributed by atoms with E-state index in [0.29, 0.717) is 19.4 Å². The molecule has 1 aromatic carbocycles. The number of methoxy groups -OCH3 is 1. The first-order valence-corrected chi connectivity index (χ1v) is 6.11. The minimum Gasteiger partial charge on any atom is -0.491 e. The van der Waals surface area contributed by atoms with Crippen molar-refractivity contribution in [3.8, 4) is 5.75 Å². The van der Waals surface area contributed by atoms with Gasteiger partial charge in [-0.3, -0.25) is 4.79 Å². The van der Waals surface area contributed by atoms with E-state index in [1.54, 1.807) is 19.1 Å². The van der Waals surface area contributed by atoms with Crippen LogP contribution in [-0.4, -0.2) is 19.7 Å². The Hall–Kier alpha value is -1.58. The molecule has 1 unspecified atom stereocenters. The number of halogens is 1. The van der Waals surface area contributed by atoms with Crippen LogP contribution in [0, 0.1) is 11.7 Å². The van der Waals surface area contributed by atoms with E-state index in [0.717, 1.165) is 5.56 Å². The average Bonchev–Trinajstić information content (AvgIpc) is 2.38. The largest absolute Gasteiger partial charge is 0.491 e. The van der Waals surface area contributed by atoms with Gasteiger partial charge in [-0.2, -0.15) is 0 Å². The lowest BCUT2D eigenvalue weighted by Gasteiger charge is -2.13. The summed E-state index contributed by atoms with van der Waals surface area (Å²) in [4.78, 5) is 11.5. The van der Waals surface area contributed by atoms with E-state index in [-0.39, 0.29) is 17.6 Å². The van der Waals surface area contributed by atoms with Gasteiger partial charge in [-0.05, 0) is 37.5 Å². The van der Waals surface area contributed by atoms with Crippen molar-refractivity contribution in [2.45, 2.75) is 26.7 Å². The fraction of sp³-hybridized carbons (Fsp3) is 0.500. The average molecular weight is 254 g/mol. The molecule has 0 bridgehead atoms. The SMILES string of the molecule is CCOc1ccc(CC(CC)C(=O)OC)cc1F. The third-order valence-electron chi connectivity index (χ3n) is 2.81. The van der Waals surface area contributed by atoms with Crippen molar-refractivity contribution >= 4 is 5.97 Å². The van der Waals surface area contributed by atoms with Gasteiger partial charge in [0.1, 0.15) is 0 Å². The summed E-state index contributed by atoms with van der Waals surface area (Å²) in [6.45, 7) is 4.14. The monoisotopic (exact) mass is 254 g/mol. The fourth-order valence-electron chi connectivity index (χ4n) is 1.79. The van der Waals surface area contributed by atoms with Gasteiger partial charge in [-0.1, -0.05) is 13.0 Å². The van der Waals surface area contributed by atoms with Crippen molar-refractivity contribution in [1.29, 1.82) is 0 Å². The second kappa shape index (κ2) is 6.99. The summed E-state index contributed by atoms with van der Waals surface area (Å²) in [7, 11) is 1.36. The van der Waals surface area contributed by atoms with E-state index >= 15 is 0 Å². The lowest BCUT2D eigenvalue weighted by molar-refractivity contribution is -0.145. The third-order valence-corrected chi connectivity index (χ3v) is 2.81. The van der Waals surface area contributed by atoms with Crippen LogP contribution in [0.5, 0.6) is 5.75 Å². The van der Waals surface area contributed by atoms with Crippen molar-refractivity contribution in [3.05, 3.63) is 29.6 Å². The smallest absolute Gasteiger partial charge is 0.308 e. The maximum Gasteiger partial charge on any atom is 0.308 e. The number of esters is 1. The highest BCUT2D eigenvalue weighted by atomic mass is 19.1. The number of carbonyl (C=O) groups excluding carboxylic acids is 1. The molecular formula is C14H19FO3. The van der Waals surface area contributed by atoms with Gasteiger partial charge >= 0.3 is 5.97 Å². The second-order valence-corrected chi connectivity index (χ2v) is 4.03. The maximum atomic E-state index is 13.6. The number of carbonyl (C=O) groups is 1. The maximum absolute atomic E-state index is 13.6. The number of rotatable bonds is 6. The van der Waals surface area contributed by atoms with E-state index in [4.69, 9.17) is 9.47 Å². The zero-order chi connectivity index (χ0) is 13.5. The van der Waals surface area contributed by atoms with Crippen LogP contribution in [0.15, 0.2) is 18.2 Å². The van der Waals surface area contributed by atoms with Crippen molar-refractivity contribution < 1.29 is 18.7 Å². The minimum absolute atomic E-state index is 0.229. The first-order chi connectivity index (χ1) is 8.62. The lowest BCUT2D eigenvalue weighted by Crippen LogP contribution is -2.17. The van der Waals surface area contributed by atoms with Crippen LogP contribution in [0.25, 0.3) is 0 Å². The molecule has 0 amide bonds. The second-order valence-electron chi connectivity index (χ2n) is 4.03. The molecule has 0 aliphatic carbocycles. The molecule has 1 rings (SSSR count). The summed E-state index contributed by atoms with van der Waals surface area (Å²) >= 11 is 0. The summed E-state index contributed by atoms with van der Waals surface area (Å²) in [5.41, 5.74) is 0.771. The zero-order valence-corrected chi connectivity index (χ0v) is 11.0. The summed E-state index contributed by atoms with van der Waals surface area (Å²) in [6.07, 6.45) is 1.15. The van der Waals surface area contributed by atoms with Crippen molar-refractivity contribution in [3.63, 3.8) is 0 Å². The van der Waals surface area contributed by atoms with Gasteiger partial charge < -0.3 is 9.47 Å². The van der Waals surface area contributed by atoms with Gasteiger partial charge in [-0.15, -0.1) is 0 Å². The first kappa shape index (κ1) is 14.5. The summed E-state index contributed by atoms with van der Waals surface area (Å²) in [5, 5.41) is 0. The quantitative estimate of drug-likeness (QED) is 0.732. The molecule has 1 atom stereocenters. The Kier molecular flexibility index (Phi) is 5.62. The molecule has 1 aromatic rings. The van der Waals surface area contributed by atoms with Crippen molar-refractivity contribution in [2.24, 2.45) is 5.92 Å². The molecule has 0 radical (unpaired) electrons. The predicted octanol–water partition coefficient (Wildman–Crippen LogP) is 2.97. The Morgan fingerprint density at radius 1 is 1.39 bits per heavy atom. The normalized spacial score (nSPS) is 12.0. The Bertz CT molecular complexity index is 404. The third kappa shape index (κ3) is 3.72. The van der Waals surface area contributed by atoms with Crippen molar-refractivity contribution in [2.75, 3.05) is 13.7 Å². The van der Waals surface area contributed by atoms with Crippen LogP contribution in [0.1, 0.15) is 25.8 Å². The molecule has 0 aliphatic heterocycles. The summed E-state index contributed by atoms with van der Waals surface area (Å²) in [5.74, 6) is -0.638. The molecule has 0 N–H and O–H groups in total. The molecule has 0 saturated carbocycles. The highest BCUT2D eigenvalue weighted by Gasteiger charge is 2.18. The molecule has 0 saturated heterocycles. The number of hydrogen-bond acceptors (Lipinski definition) is 3. The molecule has 100 valence electrons. The van der Waals surface area contributed by atoms with E-state index in [1.807, 2.05) is 6.92 Å². The van der Waals surface area contributed by atoms with Gasteiger partial charge in [0, 0.05) is 0 Å². The van der Waals surface area contributed by atoms with E-state index < -0.39 is 5.82 Å². The molecule has 4 heteroatoms. The van der Waals surface area contributed by atoms with Gasteiger partial charge in [0.25, 0.3) is 0 Å². The van der Waals surface area contributed by atoms with Crippen LogP contribution in [0.2, 0.25) is 0 Å². The number of hydrogen-bond donors (Lipinski definition) is 0. The Morgan fingerprint density at radius 3 is 2.61 bits per heavy atom. The van der Waals surface area contributed by atoms with E-state index in [2.05, 4.69) is 0 Å². The molecule has 0 aromatic heterocycles. The molecular weight excluding hydrogens is 235 g/mol. The molecule has 3 nitrogen and oxygen atoms in total. The number of benzene rings is 1. The van der Waals surface area contributed by atoms with Crippen LogP contribution in [0.3, 0.4) is 0 Å². The van der Waals surface area contributed by atoms with Crippen LogP contribution < -0.4 is 4.74 Å². The Balaban J connectivity index is 2.78. The Morgan fingerprint density at radius 2 is 2.11 bits per heavy atom. The van der Waals surface area contributed by atoms with Gasteiger partial charge in [0.05, 0.1) is 19.6 Å². The summed E-state index contributed by atoms with van der Waals surface area (Å²) in [6, 6.07) is 4.79. The molecule has 18 heavy (non-hydrogen) atoms. The molecule has 0 spiro atoms. The van der Waals surface area contributed by atoms with Gasteiger partial charge in [-0.25, -0.2) is 4.39 Å². The topological polar surface area (TPSA) is 35.5 Å². The lowest BCUT2D eigenvalue weighted by atomic mass is 9.97. The Labute approximate surface area is 107 Å². The summed E-state index contributed by atoms with van der Waals surface area (Å²) < 4.78 is 23.5. The van der Waals surface area contributed by atoms with Crippen molar-refractivity contribution in [1.82, 2.24) is 0 Å². The molecule has 0 heterocycles. The standard InChI is InChI=1S/C14H19FO3/c1-4-11(14(16)17-3)8-10-6-7-13(18-5-2)12(15)9-10/h6-7,9,11H,4-5,8H2,1-3H3. The minimum atomic E-state index is -0.394. The molecule has 0 fully saturated rings. The van der Waals surface area contributed by atoms with Gasteiger partial charge in [0.15, 0.2) is 11.6 Å². The highest BCUT2D eigenvalue weighted by molar-refractivity contribution is 5.72. The van der Waals surface area contributed by atoms with Crippen LogP contribution in [-0.2, 0) is 16.0 Å². The number of ether oxygens (including phenoxy) is 2. The fourth-order valence-corrected chi connectivity index (χ4v) is 1.79. The van der Waals surface area contributed by atoms with Crippen LogP contribution in [0.4, 0.5) is 4.39 Å².